The van der Waals surface area contributed by atoms with Gasteiger partial charge in [-0.25, -0.2) is 0 Å². The van der Waals surface area contributed by atoms with Crippen LogP contribution in [-0.2, 0) is 12.8 Å². The van der Waals surface area contributed by atoms with Gasteiger partial charge in [-0.2, -0.15) is 0 Å². The van der Waals surface area contributed by atoms with Crippen LogP contribution in [0, 0.1) is 0 Å². The third kappa shape index (κ3) is 2.38. The van der Waals surface area contributed by atoms with E-state index in [2.05, 4.69) is 18.2 Å². The van der Waals surface area contributed by atoms with Crippen LogP contribution in [0.15, 0.2) is 54.6 Å². The Hall–Kier alpha value is -2.94. The summed E-state index contributed by atoms with van der Waals surface area (Å²) in [5, 5.41) is 19.3. The van der Waals surface area contributed by atoms with E-state index in [0.717, 1.165) is 24.0 Å². The first-order chi connectivity index (χ1) is 11.7. The summed E-state index contributed by atoms with van der Waals surface area (Å²) in [6.45, 7) is 0. The number of phenols is 2. The first-order valence-corrected chi connectivity index (χ1v) is 7.98. The second-order valence-electron chi connectivity index (χ2n) is 6.10. The predicted molar refractivity (Wildman–Crippen MR) is 94.6 cm³/mol. The molecule has 0 amide bonds. The van der Waals surface area contributed by atoms with Gasteiger partial charge in [0.25, 0.3) is 0 Å². The lowest BCUT2D eigenvalue weighted by Crippen LogP contribution is -2.04. The Balaban J connectivity index is 1.82. The Morgan fingerprint density at radius 3 is 2.00 bits per heavy atom. The van der Waals surface area contributed by atoms with Gasteiger partial charge in [0.05, 0.1) is 7.11 Å². The molecule has 0 unspecified atom stereocenters. The van der Waals surface area contributed by atoms with Crippen molar-refractivity contribution in [2.24, 2.45) is 0 Å². The van der Waals surface area contributed by atoms with Crippen molar-refractivity contribution in [2.45, 2.75) is 12.8 Å². The summed E-state index contributed by atoms with van der Waals surface area (Å²) in [6.07, 6.45) is 1.87. The molecule has 0 saturated carbocycles. The molecule has 120 valence electrons. The molecule has 0 aliphatic heterocycles. The standard InChI is InChI=1S/C21H18O3/c1-24-21-12-17(23)6-9-20(21)14-4-7-18-13(10-14)2-3-15-11-16(22)5-8-19(15)18/h4-12,22-23H,2-3H2,1H3. The molecular weight excluding hydrogens is 300 g/mol. The van der Waals surface area contributed by atoms with E-state index in [1.807, 2.05) is 18.2 Å². The third-order valence-corrected chi connectivity index (χ3v) is 4.64. The van der Waals surface area contributed by atoms with Crippen LogP contribution in [0.25, 0.3) is 22.3 Å². The number of benzene rings is 3. The van der Waals surface area contributed by atoms with Crippen LogP contribution in [0.1, 0.15) is 11.1 Å². The molecule has 4 rings (SSSR count). The molecule has 0 atom stereocenters. The molecule has 24 heavy (non-hydrogen) atoms. The fraction of sp³-hybridized carbons (Fsp3) is 0.143. The number of methoxy groups -OCH3 is 1. The van der Waals surface area contributed by atoms with E-state index in [0.29, 0.717) is 11.5 Å². The first kappa shape index (κ1) is 14.6. The molecule has 0 spiro atoms. The molecule has 0 fully saturated rings. The van der Waals surface area contributed by atoms with E-state index in [4.69, 9.17) is 4.74 Å². The minimum atomic E-state index is 0.197. The van der Waals surface area contributed by atoms with Gasteiger partial charge in [-0.15, -0.1) is 0 Å². The SMILES string of the molecule is COc1cc(O)ccc1-c1ccc2c(c1)CCc1cc(O)ccc1-2. The van der Waals surface area contributed by atoms with Gasteiger partial charge in [0.2, 0.25) is 0 Å². The Labute approximate surface area is 140 Å². The normalized spacial score (nSPS) is 12.4. The minimum absolute atomic E-state index is 0.197. The summed E-state index contributed by atoms with van der Waals surface area (Å²) in [5.74, 6) is 1.18. The summed E-state index contributed by atoms with van der Waals surface area (Å²) in [5.41, 5.74) is 6.94. The number of hydrogen-bond donors (Lipinski definition) is 2. The lowest BCUT2D eigenvalue weighted by molar-refractivity contribution is 0.409. The van der Waals surface area contributed by atoms with Crippen LogP contribution >= 0.6 is 0 Å². The molecule has 2 N–H and O–H groups in total. The Bertz CT molecular complexity index is 928. The summed E-state index contributed by atoms with van der Waals surface area (Å²) in [4.78, 5) is 0. The average Bonchev–Trinajstić information content (AvgIpc) is 2.60. The van der Waals surface area contributed by atoms with E-state index in [1.165, 1.54) is 22.3 Å². The van der Waals surface area contributed by atoms with Crippen molar-refractivity contribution >= 4 is 0 Å². The minimum Gasteiger partial charge on any atom is -0.508 e. The Morgan fingerprint density at radius 1 is 0.708 bits per heavy atom. The van der Waals surface area contributed by atoms with E-state index < -0.39 is 0 Å². The van der Waals surface area contributed by atoms with Crippen molar-refractivity contribution in [2.75, 3.05) is 7.11 Å². The number of aryl methyl sites for hydroxylation is 2. The van der Waals surface area contributed by atoms with Gasteiger partial charge in [-0.05, 0) is 64.9 Å². The highest BCUT2D eigenvalue weighted by molar-refractivity contribution is 5.79. The largest absolute Gasteiger partial charge is 0.508 e. The van der Waals surface area contributed by atoms with Gasteiger partial charge in [0.1, 0.15) is 17.2 Å². The van der Waals surface area contributed by atoms with Crippen LogP contribution < -0.4 is 4.74 Å². The van der Waals surface area contributed by atoms with E-state index in [-0.39, 0.29) is 5.75 Å². The van der Waals surface area contributed by atoms with Gasteiger partial charge in [-0.3, -0.25) is 0 Å². The molecule has 0 bridgehead atoms. The molecule has 1 aliphatic carbocycles. The number of aromatic hydroxyl groups is 2. The second kappa shape index (κ2) is 5.60. The highest BCUT2D eigenvalue weighted by Crippen LogP contribution is 2.39. The van der Waals surface area contributed by atoms with E-state index >= 15 is 0 Å². The van der Waals surface area contributed by atoms with Crippen LogP contribution in [0.4, 0.5) is 0 Å². The van der Waals surface area contributed by atoms with Crippen LogP contribution in [-0.4, -0.2) is 17.3 Å². The van der Waals surface area contributed by atoms with Crippen molar-refractivity contribution in [1.82, 2.24) is 0 Å². The van der Waals surface area contributed by atoms with Gasteiger partial charge >= 0.3 is 0 Å². The molecule has 0 radical (unpaired) electrons. The molecule has 0 heterocycles. The summed E-state index contributed by atoms with van der Waals surface area (Å²) < 4.78 is 5.41. The third-order valence-electron chi connectivity index (χ3n) is 4.64. The fourth-order valence-corrected chi connectivity index (χ4v) is 3.47. The predicted octanol–water partition coefficient (Wildman–Crippen LogP) is 4.54. The Kier molecular flexibility index (Phi) is 3.42. The molecule has 3 aromatic rings. The van der Waals surface area contributed by atoms with Crippen molar-refractivity contribution in [1.29, 1.82) is 0 Å². The zero-order valence-corrected chi connectivity index (χ0v) is 13.4. The first-order valence-electron chi connectivity index (χ1n) is 7.98. The zero-order valence-electron chi connectivity index (χ0n) is 13.4. The Morgan fingerprint density at radius 2 is 1.29 bits per heavy atom. The van der Waals surface area contributed by atoms with Crippen LogP contribution in [0.3, 0.4) is 0 Å². The summed E-state index contributed by atoms with van der Waals surface area (Å²) in [6, 6.07) is 17.2. The van der Waals surface area contributed by atoms with Gasteiger partial charge in [-0.1, -0.05) is 24.3 Å². The van der Waals surface area contributed by atoms with Crippen molar-refractivity contribution in [3.05, 3.63) is 65.7 Å². The smallest absolute Gasteiger partial charge is 0.130 e. The number of phenolic OH excluding ortho intramolecular Hbond substituents is 2. The van der Waals surface area contributed by atoms with E-state index in [9.17, 15) is 10.2 Å². The molecule has 3 nitrogen and oxygen atoms in total. The summed E-state index contributed by atoms with van der Waals surface area (Å²) >= 11 is 0. The topological polar surface area (TPSA) is 49.7 Å². The molecule has 1 aliphatic rings. The zero-order chi connectivity index (χ0) is 16.7. The molecule has 3 heteroatoms. The number of fused-ring (bicyclic) bond motifs is 3. The second-order valence-corrected chi connectivity index (χ2v) is 6.10. The lowest BCUT2D eigenvalue weighted by Gasteiger charge is -2.21. The quantitative estimate of drug-likeness (QED) is 0.729. The molecular formula is C21H18O3. The fourth-order valence-electron chi connectivity index (χ4n) is 3.47. The maximum atomic E-state index is 9.67. The summed E-state index contributed by atoms with van der Waals surface area (Å²) in [7, 11) is 1.61. The van der Waals surface area contributed by atoms with Crippen molar-refractivity contribution < 1.29 is 14.9 Å². The van der Waals surface area contributed by atoms with Gasteiger partial charge in [0.15, 0.2) is 0 Å². The van der Waals surface area contributed by atoms with E-state index in [1.54, 1.807) is 25.3 Å². The van der Waals surface area contributed by atoms with Crippen LogP contribution in [0.5, 0.6) is 17.2 Å². The van der Waals surface area contributed by atoms with Gasteiger partial charge in [0, 0.05) is 11.6 Å². The highest BCUT2D eigenvalue weighted by Gasteiger charge is 2.18. The maximum absolute atomic E-state index is 9.67. The highest BCUT2D eigenvalue weighted by atomic mass is 16.5. The molecule has 0 saturated heterocycles. The lowest BCUT2D eigenvalue weighted by atomic mass is 9.84. The molecule has 3 aromatic carbocycles. The van der Waals surface area contributed by atoms with Crippen LogP contribution in [0.2, 0.25) is 0 Å². The van der Waals surface area contributed by atoms with Gasteiger partial charge < -0.3 is 14.9 Å². The number of rotatable bonds is 2. The van der Waals surface area contributed by atoms with Crippen molar-refractivity contribution in [3.8, 4) is 39.5 Å². The number of ether oxygens (including phenoxy) is 1. The monoisotopic (exact) mass is 318 g/mol. The average molecular weight is 318 g/mol. The number of hydrogen-bond acceptors (Lipinski definition) is 3. The molecule has 0 aromatic heterocycles. The maximum Gasteiger partial charge on any atom is 0.130 e. The van der Waals surface area contributed by atoms with Crippen molar-refractivity contribution in [3.63, 3.8) is 0 Å².